The van der Waals surface area contributed by atoms with Crippen LogP contribution in [0.3, 0.4) is 0 Å². The maximum atomic E-state index is 14.3. The van der Waals surface area contributed by atoms with E-state index in [1.165, 1.54) is 11.1 Å². The maximum absolute atomic E-state index is 14.3. The number of aliphatic hydroxyl groups excluding tert-OH is 1. The van der Waals surface area contributed by atoms with Gasteiger partial charge < -0.3 is 25.7 Å². The van der Waals surface area contributed by atoms with Gasteiger partial charge in [-0.05, 0) is 68.9 Å². The van der Waals surface area contributed by atoms with E-state index >= 15 is 0 Å². The number of carbonyl (C=O) groups excluding carboxylic acids is 3. The van der Waals surface area contributed by atoms with Gasteiger partial charge in [0.05, 0.1) is 51.6 Å². The van der Waals surface area contributed by atoms with Crippen molar-refractivity contribution in [2.24, 2.45) is 10.4 Å². The number of carboxylic acids is 1. The number of pyridine rings is 1. The number of thiazole rings is 1. The van der Waals surface area contributed by atoms with Crippen LogP contribution in [0, 0.1) is 33.1 Å². The van der Waals surface area contributed by atoms with Crippen molar-refractivity contribution in [2.45, 2.75) is 98.5 Å². The Hall–Kier alpha value is -6.43. The molecule has 4 aromatic heterocycles. The van der Waals surface area contributed by atoms with Gasteiger partial charge in [0.1, 0.15) is 29.0 Å². The number of fused-ring (bicyclic) bond motifs is 3. The third-order valence-electron chi connectivity index (χ3n) is 12.1. The summed E-state index contributed by atoms with van der Waals surface area (Å²) in [6.45, 7) is 15.2. The van der Waals surface area contributed by atoms with Gasteiger partial charge in [-0.15, -0.1) is 32.9 Å². The quantitative estimate of drug-likeness (QED) is 0.104. The second kappa shape index (κ2) is 17.9. The van der Waals surface area contributed by atoms with Crippen molar-refractivity contribution in [2.75, 3.05) is 6.54 Å². The van der Waals surface area contributed by atoms with Crippen molar-refractivity contribution in [1.82, 2.24) is 40.3 Å². The Morgan fingerprint density at radius 1 is 0.892 bits per heavy atom. The summed E-state index contributed by atoms with van der Waals surface area (Å²) in [5.74, 6) is -1.21. The monoisotopic (exact) mass is 913 g/mol. The van der Waals surface area contributed by atoms with Crippen LogP contribution in [-0.4, -0.2) is 94.0 Å². The average molecular weight is 914 g/mol. The Labute approximate surface area is 384 Å². The van der Waals surface area contributed by atoms with Gasteiger partial charge in [0.2, 0.25) is 11.8 Å². The zero-order valence-corrected chi connectivity index (χ0v) is 39.0. The third-order valence-corrected chi connectivity index (χ3v) is 14.3. The minimum absolute atomic E-state index is 0.0438. The molecule has 1 fully saturated rings. The molecule has 17 heteroatoms. The van der Waals surface area contributed by atoms with Crippen LogP contribution >= 0.6 is 22.7 Å². The summed E-state index contributed by atoms with van der Waals surface area (Å²) >= 11 is 3.16. The van der Waals surface area contributed by atoms with Crippen molar-refractivity contribution in [1.29, 1.82) is 0 Å². The van der Waals surface area contributed by atoms with Crippen molar-refractivity contribution < 1.29 is 29.4 Å². The number of aromatic nitrogens is 5. The van der Waals surface area contributed by atoms with Crippen LogP contribution in [0.25, 0.3) is 26.7 Å². The molecule has 0 radical (unpaired) electrons. The van der Waals surface area contributed by atoms with E-state index in [0.717, 1.165) is 53.8 Å². The molecule has 2 aliphatic rings. The van der Waals surface area contributed by atoms with Crippen LogP contribution in [-0.2, 0) is 14.4 Å². The van der Waals surface area contributed by atoms with Gasteiger partial charge in [0.15, 0.2) is 5.82 Å². The van der Waals surface area contributed by atoms with Crippen molar-refractivity contribution in [3.63, 3.8) is 0 Å². The Morgan fingerprint density at radius 2 is 1.58 bits per heavy atom. The Morgan fingerprint density at radius 3 is 2.22 bits per heavy atom. The number of benzene rings is 2. The van der Waals surface area contributed by atoms with E-state index in [-0.39, 0.29) is 36.9 Å². The van der Waals surface area contributed by atoms with Crippen molar-refractivity contribution >= 4 is 52.1 Å². The Kier molecular flexibility index (Phi) is 12.4. The lowest BCUT2D eigenvalue weighted by Gasteiger charge is -2.35. The molecule has 0 spiro atoms. The number of β-amino-alcohol motifs (C(OH)–C–C–N with tert-alkyl or cyclic N) is 1. The van der Waals surface area contributed by atoms with Crippen LogP contribution in [0.1, 0.15) is 107 Å². The van der Waals surface area contributed by atoms with Gasteiger partial charge >= 0.3 is 5.97 Å². The Bertz CT molecular complexity index is 2820. The molecule has 2 aromatic carbocycles. The summed E-state index contributed by atoms with van der Waals surface area (Å²) in [6, 6.07) is 15.9. The molecule has 6 heterocycles. The number of carbonyl (C=O) groups is 4. The van der Waals surface area contributed by atoms with E-state index in [0.29, 0.717) is 23.1 Å². The van der Waals surface area contributed by atoms with Crippen LogP contribution in [0.15, 0.2) is 77.4 Å². The number of carboxylic acid groups (broad SMARTS) is 1. The lowest BCUT2D eigenvalue weighted by molar-refractivity contribution is -0.142. The molecule has 5 atom stereocenters. The number of aliphatic imine (C=N–C) groups is 1. The second-order valence-corrected chi connectivity index (χ2v) is 19.9. The fraction of sp³-hybridized carbons (Fsp3) is 0.354. The number of aryl methyl sites for hydroxylation is 3. The van der Waals surface area contributed by atoms with Gasteiger partial charge in [0.25, 0.3) is 5.91 Å². The maximum Gasteiger partial charge on any atom is 0.306 e. The van der Waals surface area contributed by atoms with E-state index < -0.39 is 47.4 Å². The number of hydrogen-bond donors (Lipinski definition) is 4. The summed E-state index contributed by atoms with van der Waals surface area (Å²) in [6.07, 6.45) is 0.377. The number of rotatable bonds is 11. The highest BCUT2D eigenvalue weighted by molar-refractivity contribution is 7.15. The first-order chi connectivity index (χ1) is 30.9. The minimum Gasteiger partial charge on any atom is -0.481 e. The third kappa shape index (κ3) is 9.00. The molecule has 1 saturated heterocycles. The molecule has 4 N–H and O–H groups in total. The van der Waals surface area contributed by atoms with Crippen LogP contribution in [0.4, 0.5) is 0 Å². The number of amides is 3. The van der Waals surface area contributed by atoms with E-state index in [1.54, 1.807) is 34.8 Å². The van der Waals surface area contributed by atoms with E-state index in [1.807, 2.05) is 114 Å². The molecular weight excluding hydrogens is 863 g/mol. The van der Waals surface area contributed by atoms with Gasteiger partial charge in [-0.3, -0.25) is 33.7 Å². The topological polar surface area (TPSA) is 205 Å². The highest BCUT2D eigenvalue weighted by atomic mass is 32.1. The number of likely N-dealkylation sites (tertiary alicyclic amines) is 1. The molecule has 8 rings (SSSR count). The summed E-state index contributed by atoms with van der Waals surface area (Å²) in [5.41, 5.74) is 8.98. The zero-order valence-electron chi connectivity index (χ0n) is 37.4. The first-order valence-electron chi connectivity index (χ1n) is 21.4. The molecular formula is C48H51N9O6S2. The summed E-state index contributed by atoms with van der Waals surface area (Å²) in [4.78, 5) is 71.4. The van der Waals surface area contributed by atoms with Gasteiger partial charge in [-0.25, -0.2) is 4.98 Å². The zero-order chi connectivity index (χ0) is 46.5. The standard InChI is InChI=1S/C48H51N9O6S2/c1-24-27(4)65-47-39(24)40(52-36(20-38(59)60)43-55-54-28(5)57(43)47)31-13-11-30(12-14-31)35-18-17-33(21-49-35)44(61)53-42(48(6,7)8)46(63)56-22-34(58)19-37(56)45(62)51-25(2)29-9-15-32(16-10-29)41-26(3)50-23-64-41/h9-18,21,23,25,34,36-37,42,58H,19-20,22H2,1-8H3,(H,51,62)(H,53,61)(H,59,60)/t25?,34-,36+,37+,42?/m1/s1. The number of nitrogens with one attached hydrogen (secondary N) is 2. The average Bonchev–Trinajstić information content (AvgIpc) is 4.04. The van der Waals surface area contributed by atoms with E-state index in [9.17, 15) is 29.4 Å². The molecule has 2 unspecified atom stereocenters. The summed E-state index contributed by atoms with van der Waals surface area (Å²) < 4.78 is 1.92. The highest BCUT2D eigenvalue weighted by Crippen LogP contribution is 2.40. The van der Waals surface area contributed by atoms with Gasteiger partial charge in [-0.1, -0.05) is 69.3 Å². The Balaban J connectivity index is 0.962. The number of aliphatic carboxylic acids is 1. The fourth-order valence-corrected chi connectivity index (χ4v) is 10.4. The largest absolute Gasteiger partial charge is 0.481 e. The lowest BCUT2D eigenvalue weighted by Crippen LogP contribution is -2.57. The predicted molar refractivity (Wildman–Crippen MR) is 249 cm³/mol. The normalized spacial score (nSPS) is 18.0. The number of nitrogens with zero attached hydrogens (tertiary/aromatic N) is 7. The lowest BCUT2D eigenvalue weighted by atomic mass is 9.85. The van der Waals surface area contributed by atoms with Crippen LogP contribution in [0.2, 0.25) is 0 Å². The second-order valence-electron chi connectivity index (χ2n) is 17.8. The fourth-order valence-electron chi connectivity index (χ4n) is 8.42. The molecule has 6 aromatic rings. The first-order valence-corrected chi connectivity index (χ1v) is 23.1. The smallest absolute Gasteiger partial charge is 0.306 e. The molecule has 65 heavy (non-hydrogen) atoms. The van der Waals surface area contributed by atoms with Crippen molar-refractivity contribution in [3.05, 3.63) is 122 Å². The molecule has 0 saturated carbocycles. The number of thiophene rings is 1. The molecule has 0 bridgehead atoms. The van der Waals surface area contributed by atoms with Crippen LogP contribution in [0.5, 0.6) is 0 Å². The first kappa shape index (κ1) is 45.1. The molecule has 15 nitrogen and oxygen atoms in total. The molecule has 0 aliphatic carbocycles. The summed E-state index contributed by atoms with van der Waals surface area (Å²) in [5, 5.41) is 36.0. The van der Waals surface area contributed by atoms with Crippen LogP contribution < -0.4 is 10.6 Å². The van der Waals surface area contributed by atoms with Gasteiger partial charge in [0, 0.05) is 40.7 Å². The van der Waals surface area contributed by atoms with Crippen molar-refractivity contribution in [3.8, 4) is 26.7 Å². The number of aliphatic hydroxyl groups is 1. The van der Waals surface area contributed by atoms with E-state index in [4.69, 9.17) is 4.99 Å². The minimum atomic E-state index is -1.03. The summed E-state index contributed by atoms with van der Waals surface area (Å²) in [7, 11) is 0. The predicted octanol–water partition coefficient (Wildman–Crippen LogP) is 7.10. The molecule has 2 aliphatic heterocycles. The van der Waals surface area contributed by atoms with E-state index in [2.05, 4.69) is 30.8 Å². The molecule has 336 valence electrons. The molecule has 3 amide bonds. The highest BCUT2D eigenvalue weighted by Gasteiger charge is 2.45. The number of hydrogen-bond acceptors (Lipinski definition) is 12. The van der Waals surface area contributed by atoms with Gasteiger partial charge in [-0.2, -0.15) is 0 Å². The SMILES string of the molecule is Cc1ncsc1-c1ccc(C(C)NC(=O)[C@@H]2C[C@@H](O)CN2C(=O)C(NC(=O)c2ccc(-c3ccc(C4=N[C@@H](CC(=O)O)c5nnc(C)n5-c5sc(C)c(C)c54)cc3)nc2)C(C)(C)C)cc1.